The van der Waals surface area contributed by atoms with Crippen LogP contribution in [-0.4, -0.2) is 39.7 Å². The highest BCUT2D eigenvalue weighted by Gasteiger charge is 2.20. The van der Waals surface area contributed by atoms with E-state index in [1.807, 2.05) is 55.7 Å². The van der Waals surface area contributed by atoms with Gasteiger partial charge in [0.1, 0.15) is 5.52 Å². The number of anilines is 1. The van der Waals surface area contributed by atoms with Gasteiger partial charge in [-0.3, -0.25) is 14.3 Å². The fourth-order valence-electron chi connectivity index (χ4n) is 5.33. The molecule has 2 aromatic heterocycles. The molecule has 0 bridgehead atoms. The van der Waals surface area contributed by atoms with E-state index in [4.69, 9.17) is 0 Å². The molecule has 6 heteroatoms. The van der Waals surface area contributed by atoms with Crippen LogP contribution in [0.2, 0.25) is 0 Å². The zero-order valence-electron chi connectivity index (χ0n) is 19.4. The van der Waals surface area contributed by atoms with Gasteiger partial charge in [0.25, 0.3) is 5.56 Å². The monoisotopic (exact) mass is 444 g/mol. The van der Waals surface area contributed by atoms with Crippen molar-refractivity contribution >= 4 is 27.5 Å². The first-order valence-corrected chi connectivity index (χ1v) is 11.9. The van der Waals surface area contributed by atoms with Gasteiger partial charge in [0.2, 0.25) is 0 Å². The molecule has 6 nitrogen and oxygen atoms in total. The Morgan fingerprint density at radius 2 is 1.88 bits per heavy atom. The molecular formula is C27H32N4O2. The summed E-state index contributed by atoms with van der Waals surface area (Å²) >= 11 is 0. The maximum absolute atomic E-state index is 13.6. The minimum Gasteiger partial charge on any atom is -0.392 e. The summed E-state index contributed by atoms with van der Waals surface area (Å²) in [7, 11) is 4.06. The lowest BCUT2D eigenvalue weighted by Gasteiger charge is -2.31. The molecule has 0 spiro atoms. The summed E-state index contributed by atoms with van der Waals surface area (Å²) in [5.41, 5.74) is 5.24. The van der Waals surface area contributed by atoms with Crippen LogP contribution in [0, 0.1) is 0 Å². The zero-order chi connectivity index (χ0) is 22.9. The molecule has 0 radical (unpaired) electrons. The number of para-hydroxylation sites is 1. The van der Waals surface area contributed by atoms with Crippen molar-refractivity contribution < 1.29 is 5.11 Å². The molecule has 33 heavy (non-hydrogen) atoms. The van der Waals surface area contributed by atoms with Crippen LogP contribution in [0.1, 0.15) is 43.2 Å². The average Bonchev–Trinajstić information content (AvgIpc) is 3.25. The van der Waals surface area contributed by atoms with Crippen molar-refractivity contribution in [2.24, 2.45) is 0 Å². The average molecular weight is 445 g/mol. The van der Waals surface area contributed by atoms with Gasteiger partial charge in [-0.05, 0) is 49.2 Å². The van der Waals surface area contributed by atoms with Crippen LogP contribution in [0.5, 0.6) is 0 Å². The van der Waals surface area contributed by atoms with E-state index in [0.29, 0.717) is 11.6 Å². The normalized spacial score (nSPS) is 15.0. The molecule has 4 aromatic rings. The summed E-state index contributed by atoms with van der Waals surface area (Å²) in [6.45, 7) is 0.734. The first-order chi connectivity index (χ1) is 16.1. The standard InChI is InChI=1S/C27H32N4O2/c1-28-23-10-6-9-21-22-13-14-31(27(33)26(22)29-25(21)23)24-12-11-18(17-32)15-19(24)16-30(2)20-7-4-3-5-8-20/h6,9-15,20,28-29,32H,3-5,7-8,16-17H2,1-2H3. The van der Waals surface area contributed by atoms with Crippen LogP contribution in [0.25, 0.3) is 27.5 Å². The minimum absolute atomic E-state index is 0.0107. The third-order valence-corrected chi connectivity index (χ3v) is 7.17. The third-order valence-electron chi connectivity index (χ3n) is 7.17. The summed E-state index contributed by atoms with van der Waals surface area (Å²) in [5, 5.41) is 14.9. The molecule has 1 saturated carbocycles. The maximum atomic E-state index is 13.6. The Morgan fingerprint density at radius 3 is 2.64 bits per heavy atom. The second kappa shape index (κ2) is 9.04. The van der Waals surface area contributed by atoms with Gasteiger partial charge in [0.05, 0.1) is 23.5 Å². The number of aromatic amines is 1. The van der Waals surface area contributed by atoms with Gasteiger partial charge in [-0.1, -0.05) is 43.5 Å². The molecule has 5 rings (SSSR count). The van der Waals surface area contributed by atoms with Crippen molar-refractivity contribution in [1.29, 1.82) is 0 Å². The molecule has 0 aliphatic heterocycles. The van der Waals surface area contributed by atoms with E-state index in [0.717, 1.165) is 45.3 Å². The molecule has 0 atom stereocenters. The number of rotatable bonds is 6. The largest absolute Gasteiger partial charge is 0.392 e. The first-order valence-electron chi connectivity index (χ1n) is 11.9. The number of H-pyrrole nitrogens is 1. The van der Waals surface area contributed by atoms with Crippen molar-refractivity contribution in [3.63, 3.8) is 0 Å². The summed E-state index contributed by atoms with van der Waals surface area (Å²) in [5.74, 6) is 0. The molecule has 1 fully saturated rings. The van der Waals surface area contributed by atoms with Crippen molar-refractivity contribution in [1.82, 2.24) is 14.5 Å². The molecule has 0 saturated heterocycles. The second-order valence-corrected chi connectivity index (χ2v) is 9.21. The molecule has 0 unspecified atom stereocenters. The van der Waals surface area contributed by atoms with E-state index >= 15 is 0 Å². The van der Waals surface area contributed by atoms with Crippen molar-refractivity contribution in [3.8, 4) is 5.69 Å². The molecular weight excluding hydrogens is 412 g/mol. The lowest BCUT2D eigenvalue weighted by atomic mass is 9.94. The fourth-order valence-corrected chi connectivity index (χ4v) is 5.33. The maximum Gasteiger partial charge on any atom is 0.279 e. The number of aromatic nitrogens is 2. The van der Waals surface area contributed by atoms with Gasteiger partial charge in [-0.25, -0.2) is 0 Å². The molecule has 1 aliphatic rings. The summed E-state index contributed by atoms with van der Waals surface area (Å²) in [6.07, 6.45) is 8.21. The van der Waals surface area contributed by atoms with E-state index < -0.39 is 0 Å². The van der Waals surface area contributed by atoms with E-state index in [2.05, 4.69) is 22.2 Å². The van der Waals surface area contributed by atoms with Gasteiger partial charge in [-0.15, -0.1) is 0 Å². The van der Waals surface area contributed by atoms with Crippen LogP contribution in [0.4, 0.5) is 5.69 Å². The quantitative estimate of drug-likeness (QED) is 0.401. The first kappa shape index (κ1) is 21.7. The van der Waals surface area contributed by atoms with E-state index in [-0.39, 0.29) is 12.2 Å². The zero-order valence-corrected chi connectivity index (χ0v) is 19.4. The van der Waals surface area contributed by atoms with Crippen molar-refractivity contribution in [3.05, 3.63) is 70.1 Å². The van der Waals surface area contributed by atoms with Gasteiger partial charge in [0.15, 0.2) is 0 Å². The molecule has 172 valence electrons. The summed E-state index contributed by atoms with van der Waals surface area (Å²) in [6, 6.07) is 14.5. The number of hydrogen-bond acceptors (Lipinski definition) is 4. The highest BCUT2D eigenvalue weighted by Crippen LogP contribution is 2.30. The highest BCUT2D eigenvalue weighted by atomic mass is 16.3. The van der Waals surface area contributed by atoms with E-state index in [1.165, 1.54) is 32.1 Å². The molecule has 2 heterocycles. The Kier molecular flexibility index (Phi) is 5.96. The topological polar surface area (TPSA) is 73.3 Å². The number of hydrogen-bond donors (Lipinski definition) is 3. The number of nitrogens with one attached hydrogen (secondary N) is 2. The van der Waals surface area contributed by atoms with Crippen LogP contribution in [0.15, 0.2) is 53.5 Å². The Hall–Kier alpha value is -3.09. The fraction of sp³-hybridized carbons (Fsp3) is 0.370. The summed E-state index contributed by atoms with van der Waals surface area (Å²) in [4.78, 5) is 19.4. The third kappa shape index (κ3) is 3.94. The Morgan fingerprint density at radius 1 is 1.09 bits per heavy atom. The molecule has 0 amide bonds. The number of fused-ring (bicyclic) bond motifs is 3. The van der Waals surface area contributed by atoms with Gasteiger partial charge >= 0.3 is 0 Å². The van der Waals surface area contributed by atoms with Gasteiger partial charge < -0.3 is 15.4 Å². The Labute approximate surface area is 193 Å². The van der Waals surface area contributed by atoms with Crippen LogP contribution >= 0.6 is 0 Å². The number of benzene rings is 2. The lowest BCUT2D eigenvalue weighted by Crippen LogP contribution is -2.33. The van der Waals surface area contributed by atoms with Gasteiger partial charge in [0, 0.05) is 36.6 Å². The number of nitrogens with zero attached hydrogens (tertiary/aromatic N) is 2. The predicted molar refractivity (Wildman–Crippen MR) is 135 cm³/mol. The minimum atomic E-state index is -0.0657. The van der Waals surface area contributed by atoms with Gasteiger partial charge in [-0.2, -0.15) is 0 Å². The Balaban J connectivity index is 1.61. The van der Waals surface area contributed by atoms with Crippen LogP contribution in [0.3, 0.4) is 0 Å². The second-order valence-electron chi connectivity index (χ2n) is 9.21. The van der Waals surface area contributed by atoms with E-state index in [1.54, 1.807) is 4.57 Å². The molecule has 1 aliphatic carbocycles. The SMILES string of the molecule is CNc1cccc2c1[nH]c1c(=O)n(-c3ccc(CO)cc3CN(C)C3CCCCC3)ccc12. The Bertz CT molecular complexity index is 1350. The number of pyridine rings is 1. The number of aliphatic hydroxyl groups excluding tert-OH is 1. The summed E-state index contributed by atoms with van der Waals surface area (Å²) < 4.78 is 1.74. The van der Waals surface area contributed by atoms with E-state index in [9.17, 15) is 9.90 Å². The van der Waals surface area contributed by atoms with Crippen molar-refractivity contribution in [2.45, 2.75) is 51.3 Å². The molecule has 3 N–H and O–H groups in total. The number of aliphatic hydroxyl groups is 1. The van der Waals surface area contributed by atoms with Crippen molar-refractivity contribution in [2.75, 3.05) is 19.4 Å². The smallest absolute Gasteiger partial charge is 0.279 e. The van der Waals surface area contributed by atoms with Crippen LogP contribution < -0.4 is 10.9 Å². The predicted octanol–water partition coefficient (Wildman–Crippen LogP) is 4.77. The highest BCUT2D eigenvalue weighted by molar-refractivity contribution is 6.10. The lowest BCUT2D eigenvalue weighted by molar-refractivity contribution is 0.184. The molecule has 2 aromatic carbocycles. The van der Waals surface area contributed by atoms with Crippen LogP contribution in [-0.2, 0) is 13.2 Å².